The molecule has 1 aromatic carbocycles. The second-order valence-electron chi connectivity index (χ2n) is 8.46. The van der Waals surface area contributed by atoms with Crippen molar-refractivity contribution in [3.63, 3.8) is 0 Å². The van der Waals surface area contributed by atoms with Crippen LogP contribution in [0.2, 0.25) is 10.0 Å². The first-order valence-corrected chi connectivity index (χ1v) is 12.0. The average Bonchev–Trinajstić information content (AvgIpc) is 2.82. The van der Waals surface area contributed by atoms with Crippen LogP contribution < -0.4 is 5.32 Å². The van der Waals surface area contributed by atoms with E-state index in [1.165, 1.54) is 0 Å². The molecule has 176 valence electrons. The van der Waals surface area contributed by atoms with Crippen molar-refractivity contribution < 1.29 is 19.1 Å². The SMILES string of the molecule is COCCCNC(=O)C1CCN(C(=O)C2CCCN(C(=O)c3ccc(Cl)c(Cl)c3)C2)CC1. The first-order chi connectivity index (χ1) is 15.4. The van der Waals surface area contributed by atoms with E-state index in [1.54, 1.807) is 30.2 Å². The maximum atomic E-state index is 13.1. The zero-order chi connectivity index (χ0) is 23.1. The van der Waals surface area contributed by atoms with Crippen LogP contribution in [0.15, 0.2) is 18.2 Å². The second kappa shape index (κ2) is 11.9. The summed E-state index contributed by atoms with van der Waals surface area (Å²) in [7, 11) is 1.64. The lowest BCUT2D eigenvalue weighted by atomic mass is 9.92. The molecule has 0 aromatic heterocycles. The van der Waals surface area contributed by atoms with Crippen LogP contribution in [-0.4, -0.2) is 74.0 Å². The highest BCUT2D eigenvalue weighted by atomic mass is 35.5. The molecule has 1 N–H and O–H groups in total. The molecule has 2 saturated heterocycles. The molecule has 0 bridgehead atoms. The van der Waals surface area contributed by atoms with Gasteiger partial charge in [0.2, 0.25) is 11.8 Å². The van der Waals surface area contributed by atoms with Gasteiger partial charge in [0.25, 0.3) is 5.91 Å². The Hall–Kier alpha value is -1.83. The van der Waals surface area contributed by atoms with Crippen LogP contribution in [0.4, 0.5) is 0 Å². The zero-order valence-corrected chi connectivity index (χ0v) is 20.0. The minimum absolute atomic E-state index is 0.0549. The van der Waals surface area contributed by atoms with Gasteiger partial charge in [-0.3, -0.25) is 14.4 Å². The molecule has 2 aliphatic rings. The van der Waals surface area contributed by atoms with Crippen molar-refractivity contribution in [1.82, 2.24) is 15.1 Å². The smallest absolute Gasteiger partial charge is 0.253 e. The van der Waals surface area contributed by atoms with Crippen LogP contribution in [0.3, 0.4) is 0 Å². The molecule has 0 radical (unpaired) electrons. The number of amides is 3. The number of ether oxygens (including phenoxy) is 1. The van der Waals surface area contributed by atoms with E-state index in [2.05, 4.69) is 5.32 Å². The predicted molar refractivity (Wildman–Crippen MR) is 124 cm³/mol. The minimum atomic E-state index is -0.213. The molecule has 0 aliphatic carbocycles. The fourth-order valence-electron chi connectivity index (χ4n) is 4.37. The second-order valence-corrected chi connectivity index (χ2v) is 9.27. The lowest BCUT2D eigenvalue weighted by Gasteiger charge is -2.37. The molecular weight excluding hydrogens is 453 g/mol. The third-order valence-corrected chi connectivity index (χ3v) is 6.97. The van der Waals surface area contributed by atoms with Crippen molar-refractivity contribution in [2.24, 2.45) is 11.8 Å². The largest absolute Gasteiger partial charge is 0.385 e. The molecule has 3 amide bonds. The first-order valence-electron chi connectivity index (χ1n) is 11.2. The highest BCUT2D eigenvalue weighted by Gasteiger charge is 2.34. The Kier molecular flexibility index (Phi) is 9.20. The predicted octanol–water partition coefficient (Wildman–Crippen LogP) is 3.24. The van der Waals surface area contributed by atoms with E-state index in [0.717, 1.165) is 19.3 Å². The van der Waals surface area contributed by atoms with E-state index >= 15 is 0 Å². The number of nitrogens with zero attached hydrogens (tertiary/aromatic N) is 2. The average molecular weight is 484 g/mol. The van der Waals surface area contributed by atoms with E-state index in [1.807, 2.05) is 4.90 Å². The van der Waals surface area contributed by atoms with Gasteiger partial charge in [-0.05, 0) is 50.3 Å². The molecule has 32 heavy (non-hydrogen) atoms. The number of rotatable bonds is 7. The summed E-state index contributed by atoms with van der Waals surface area (Å²) < 4.78 is 4.99. The van der Waals surface area contributed by atoms with Gasteiger partial charge in [-0.25, -0.2) is 0 Å². The zero-order valence-electron chi connectivity index (χ0n) is 18.4. The molecular formula is C23H31Cl2N3O4. The molecule has 0 spiro atoms. The van der Waals surface area contributed by atoms with Crippen molar-refractivity contribution in [3.8, 4) is 0 Å². The van der Waals surface area contributed by atoms with Gasteiger partial charge >= 0.3 is 0 Å². The van der Waals surface area contributed by atoms with Crippen LogP contribution in [0.1, 0.15) is 42.5 Å². The molecule has 1 aromatic rings. The Morgan fingerprint density at radius 3 is 2.47 bits per heavy atom. The number of piperidine rings is 2. The summed E-state index contributed by atoms with van der Waals surface area (Å²) in [4.78, 5) is 41.9. The molecule has 2 fully saturated rings. The topological polar surface area (TPSA) is 79.0 Å². The molecule has 7 nitrogen and oxygen atoms in total. The summed E-state index contributed by atoms with van der Waals surface area (Å²) in [6.45, 7) is 3.40. The third kappa shape index (κ3) is 6.36. The minimum Gasteiger partial charge on any atom is -0.385 e. The van der Waals surface area contributed by atoms with Gasteiger partial charge in [-0.1, -0.05) is 23.2 Å². The van der Waals surface area contributed by atoms with Crippen molar-refractivity contribution in [2.45, 2.75) is 32.1 Å². The van der Waals surface area contributed by atoms with Crippen molar-refractivity contribution in [1.29, 1.82) is 0 Å². The normalized spacial score (nSPS) is 19.7. The van der Waals surface area contributed by atoms with Crippen molar-refractivity contribution >= 4 is 40.9 Å². The number of likely N-dealkylation sites (tertiary alicyclic amines) is 2. The number of hydrogen-bond donors (Lipinski definition) is 1. The van der Waals surface area contributed by atoms with E-state index < -0.39 is 0 Å². The summed E-state index contributed by atoms with van der Waals surface area (Å²) in [5, 5.41) is 3.70. The Morgan fingerprint density at radius 2 is 1.78 bits per heavy atom. The summed E-state index contributed by atoms with van der Waals surface area (Å²) in [5.74, 6) is -0.264. The summed E-state index contributed by atoms with van der Waals surface area (Å²) in [6, 6.07) is 4.84. The molecule has 0 saturated carbocycles. The lowest BCUT2D eigenvalue weighted by molar-refractivity contribution is -0.140. The summed E-state index contributed by atoms with van der Waals surface area (Å²) in [6.07, 6.45) is 3.67. The Bertz CT molecular complexity index is 827. The maximum absolute atomic E-state index is 13.1. The van der Waals surface area contributed by atoms with Gasteiger partial charge in [0, 0.05) is 57.9 Å². The van der Waals surface area contributed by atoms with E-state index in [0.29, 0.717) is 67.8 Å². The van der Waals surface area contributed by atoms with E-state index in [9.17, 15) is 14.4 Å². The Morgan fingerprint density at radius 1 is 1.03 bits per heavy atom. The van der Waals surface area contributed by atoms with Crippen molar-refractivity contribution in [2.75, 3.05) is 46.4 Å². The van der Waals surface area contributed by atoms with Gasteiger partial charge in [-0.2, -0.15) is 0 Å². The first kappa shape index (κ1) is 24.8. The molecule has 3 rings (SSSR count). The van der Waals surface area contributed by atoms with Crippen LogP contribution in [-0.2, 0) is 14.3 Å². The Labute approximate surface area is 199 Å². The number of methoxy groups -OCH3 is 1. The summed E-state index contributed by atoms with van der Waals surface area (Å²) >= 11 is 12.0. The highest BCUT2D eigenvalue weighted by Crippen LogP contribution is 2.26. The van der Waals surface area contributed by atoms with Crippen LogP contribution in [0.5, 0.6) is 0 Å². The van der Waals surface area contributed by atoms with E-state index in [4.69, 9.17) is 27.9 Å². The van der Waals surface area contributed by atoms with Gasteiger partial charge in [-0.15, -0.1) is 0 Å². The molecule has 9 heteroatoms. The number of carbonyl (C=O) groups is 3. The summed E-state index contributed by atoms with van der Waals surface area (Å²) in [5.41, 5.74) is 0.477. The number of carbonyl (C=O) groups excluding carboxylic acids is 3. The van der Waals surface area contributed by atoms with Crippen LogP contribution >= 0.6 is 23.2 Å². The third-order valence-electron chi connectivity index (χ3n) is 6.23. The molecule has 1 atom stereocenters. The molecule has 1 unspecified atom stereocenters. The number of benzene rings is 1. The molecule has 2 heterocycles. The Balaban J connectivity index is 1.49. The van der Waals surface area contributed by atoms with Crippen LogP contribution in [0.25, 0.3) is 0 Å². The van der Waals surface area contributed by atoms with E-state index in [-0.39, 0.29) is 29.6 Å². The molecule has 2 aliphatic heterocycles. The quantitative estimate of drug-likeness (QED) is 0.603. The van der Waals surface area contributed by atoms with Crippen molar-refractivity contribution in [3.05, 3.63) is 33.8 Å². The van der Waals surface area contributed by atoms with Gasteiger partial charge < -0.3 is 19.9 Å². The highest BCUT2D eigenvalue weighted by molar-refractivity contribution is 6.42. The van der Waals surface area contributed by atoms with Crippen LogP contribution in [0, 0.1) is 11.8 Å². The fraction of sp³-hybridized carbons (Fsp3) is 0.609. The van der Waals surface area contributed by atoms with Gasteiger partial charge in [0.05, 0.1) is 16.0 Å². The fourth-order valence-corrected chi connectivity index (χ4v) is 4.67. The number of halogens is 2. The maximum Gasteiger partial charge on any atom is 0.253 e. The number of hydrogen-bond acceptors (Lipinski definition) is 4. The lowest BCUT2D eigenvalue weighted by Crippen LogP contribution is -2.49. The number of nitrogens with one attached hydrogen (secondary N) is 1. The standard InChI is InChI=1S/C23H31Cl2N3O4/c1-32-13-3-9-26-21(29)16-7-11-27(12-8-16)23(31)18-4-2-10-28(15-18)22(30)17-5-6-19(24)20(25)14-17/h5-6,14,16,18H,2-4,7-13,15H2,1H3,(H,26,29). The monoisotopic (exact) mass is 483 g/mol. The van der Waals surface area contributed by atoms with Gasteiger partial charge in [0.15, 0.2) is 0 Å². The van der Waals surface area contributed by atoms with Gasteiger partial charge in [0.1, 0.15) is 0 Å².